The Balaban J connectivity index is 2.15. The molecule has 17 heavy (non-hydrogen) atoms. The summed E-state index contributed by atoms with van der Waals surface area (Å²) in [6, 6.07) is 6.09. The van der Waals surface area contributed by atoms with Crippen LogP contribution in [-0.2, 0) is 16.6 Å². The van der Waals surface area contributed by atoms with Gasteiger partial charge in [-0.1, -0.05) is 23.7 Å². The monoisotopic (exact) mass is 252 g/mol. The fourth-order valence-corrected chi connectivity index (χ4v) is 3.77. The number of rotatable bonds is 0. The summed E-state index contributed by atoms with van der Waals surface area (Å²) in [5, 5.41) is 11.2. The second-order valence-electron chi connectivity index (χ2n) is 5.10. The summed E-state index contributed by atoms with van der Waals surface area (Å²) in [7, 11) is 0. The van der Waals surface area contributed by atoms with Crippen molar-refractivity contribution < 1.29 is 9.84 Å². The van der Waals surface area contributed by atoms with E-state index in [1.807, 2.05) is 12.1 Å². The second-order valence-corrected chi connectivity index (χ2v) is 5.50. The lowest BCUT2D eigenvalue weighted by Gasteiger charge is -2.46. The topological polar surface area (TPSA) is 29.5 Å². The van der Waals surface area contributed by atoms with Gasteiger partial charge in [-0.3, -0.25) is 0 Å². The fraction of sp³-hybridized carbons (Fsp3) is 0.571. The van der Waals surface area contributed by atoms with Crippen LogP contribution in [0.3, 0.4) is 0 Å². The molecule has 1 spiro atoms. The first-order valence-electron chi connectivity index (χ1n) is 6.28. The Hall–Kier alpha value is -0.570. The smallest absolute Gasteiger partial charge is 0.0642 e. The predicted octanol–water partition coefficient (Wildman–Crippen LogP) is 2.70. The molecule has 0 amide bonds. The van der Waals surface area contributed by atoms with Crippen molar-refractivity contribution in [3.05, 3.63) is 34.3 Å². The van der Waals surface area contributed by atoms with E-state index in [0.717, 1.165) is 43.9 Å². The Labute approximate surface area is 107 Å². The highest BCUT2D eigenvalue weighted by Crippen LogP contribution is 2.47. The molecular formula is C14H17ClO2. The van der Waals surface area contributed by atoms with Gasteiger partial charge in [-0.05, 0) is 42.9 Å². The van der Waals surface area contributed by atoms with Crippen molar-refractivity contribution >= 4 is 11.6 Å². The molecule has 0 aromatic heterocycles. The van der Waals surface area contributed by atoms with Crippen molar-refractivity contribution in [2.45, 2.75) is 37.2 Å². The highest BCUT2D eigenvalue weighted by molar-refractivity contribution is 6.31. The molecule has 1 N–H and O–H groups in total. The molecule has 3 heteroatoms. The van der Waals surface area contributed by atoms with Crippen LogP contribution in [-0.4, -0.2) is 24.4 Å². The average Bonchev–Trinajstić information content (AvgIpc) is 2.35. The summed E-state index contributed by atoms with van der Waals surface area (Å²) in [5.74, 6) is 0. The molecule has 1 atom stereocenters. The summed E-state index contributed by atoms with van der Waals surface area (Å²) in [6.45, 7) is 1.45. The molecule has 92 valence electrons. The van der Waals surface area contributed by atoms with Gasteiger partial charge in [0.25, 0.3) is 0 Å². The van der Waals surface area contributed by atoms with Crippen molar-refractivity contribution in [2.24, 2.45) is 0 Å². The van der Waals surface area contributed by atoms with E-state index in [1.165, 1.54) is 11.1 Å². The van der Waals surface area contributed by atoms with Crippen LogP contribution < -0.4 is 0 Å². The second kappa shape index (κ2) is 4.27. The standard InChI is InChI=1S/C14H17ClO2/c15-11-3-1-2-10-4-5-12(16)14(13(10)11)6-8-17-9-7-14/h1-3,12,16H,4-9H2. The third kappa shape index (κ3) is 1.70. The van der Waals surface area contributed by atoms with Crippen molar-refractivity contribution in [3.63, 3.8) is 0 Å². The quantitative estimate of drug-likeness (QED) is 0.769. The van der Waals surface area contributed by atoms with Crippen molar-refractivity contribution in [2.75, 3.05) is 13.2 Å². The van der Waals surface area contributed by atoms with Crippen molar-refractivity contribution in [1.82, 2.24) is 0 Å². The van der Waals surface area contributed by atoms with E-state index >= 15 is 0 Å². The van der Waals surface area contributed by atoms with E-state index in [0.29, 0.717) is 0 Å². The molecule has 2 aliphatic rings. The minimum Gasteiger partial charge on any atom is -0.392 e. The number of benzene rings is 1. The summed E-state index contributed by atoms with van der Waals surface area (Å²) in [6.07, 6.45) is 3.25. The molecule has 1 aliphatic heterocycles. The van der Waals surface area contributed by atoms with Crippen LogP contribution in [0.4, 0.5) is 0 Å². The lowest BCUT2D eigenvalue weighted by molar-refractivity contribution is -0.0237. The zero-order valence-electron chi connectivity index (χ0n) is 9.79. The van der Waals surface area contributed by atoms with Crippen LogP contribution in [0.5, 0.6) is 0 Å². The Bertz CT molecular complexity index is 424. The van der Waals surface area contributed by atoms with E-state index in [2.05, 4.69) is 6.07 Å². The molecule has 1 unspecified atom stereocenters. The lowest BCUT2D eigenvalue weighted by atomic mass is 9.64. The normalized spacial score (nSPS) is 26.8. The molecule has 1 fully saturated rings. The highest BCUT2D eigenvalue weighted by Gasteiger charge is 2.45. The van der Waals surface area contributed by atoms with Gasteiger partial charge in [0.05, 0.1) is 6.10 Å². The number of aliphatic hydroxyl groups is 1. The number of aryl methyl sites for hydroxylation is 1. The Morgan fingerprint density at radius 1 is 1.29 bits per heavy atom. The summed E-state index contributed by atoms with van der Waals surface area (Å²) >= 11 is 6.38. The Morgan fingerprint density at radius 3 is 2.82 bits per heavy atom. The van der Waals surface area contributed by atoms with Gasteiger partial charge >= 0.3 is 0 Å². The van der Waals surface area contributed by atoms with Crippen LogP contribution in [0.2, 0.25) is 5.02 Å². The lowest BCUT2D eigenvalue weighted by Crippen LogP contribution is -2.47. The molecule has 3 rings (SSSR count). The van der Waals surface area contributed by atoms with Gasteiger partial charge in [0, 0.05) is 23.7 Å². The van der Waals surface area contributed by atoms with Gasteiger partial charge in [0.2, 0.25) is 0 Å². The highest BCUT2D eigenvalue weighted by atomic mass is 35.5. The summed E-state index contributed by atoms with van der Waals surface area (Å²) in [5.41, 5.74) is 2.33. The maximum absolute atomic E-state index is 10.4. The van der Waals surface area contributed by atoms with Gasteiger partial charge in [-0.15, -0.1) is 0 Å². The first kappa shape index (κ1) is 11.5. The SMILES string of the molecule is OC1CCc2cccc(Cl)c2C12CCOCC2. The largest absolute Gasteiger partial charge is 0.392 e. The van der Waals surface area contributed by atoms with Gasteiger partial charge in [0.15, 0.2) is 0 Å². The molecule has 0 radical (unpaired) electrons. The molecule has 2 nitrogen and oxygen atoms in total. The number of hydrogen-bond donors (Lipinski definition) is 1. The molecule has 1 aromatic carbocycles. The Kier molecular flexibility index (Phi) is 2.89. The third-order valence-electron chi connectivity index (χ3n) is 4.31. The summed E-state index contributed by atoms with van der Waals surface area (Å²) < 4.78 is 5.45. The maximum atomic E-state index is 10.4. The molecular weight excluding hydrogens is 236 g/mol. The van der Waals surface area contributed by atoms with E-state index in [9.17, 15) is 5.11 Å². The molecule has 1 aromatic rings. The third-order valence-corrected chi connectivity index (χ3v) is 4.62. The van der Waals surface area contributed by atoms with Crippen LogP contribution in [0.25, 0.3) is 0 Å². The van der Waals surface area contributed by atoms with Crippen LogP contribution in [0, 0.1) is 0 Å². The number of fused-ring (bicyclic) bond motifs is 2. The van der Waals surface area contributed by atoms with Gasteiger partial charge in [0.1, 0.15) is 0 Å². The van der Waals surface area contributed by atoms with Crippen molar-refractivity contribution in [3.8, 4) is 0 Å². The molecule has 0 saturated carbocycles. The first-order valence-corrected chi connectivity index (χ1v) is 6.65. The minimum absolute atomic E-state index is 0.163. The van der Waals surface area contributed by atoms with E-state index in [-0.39, 0.29) is 11.5 Å². The van der Waals surface area contributed by atoms with Gasteiger partial charge in [-0.25, -0.2) is 0 Å². The molecule has 0 bridgehead atoms. The van der Waals surface area contributed by atoms with Crippen LogP contribution in [0.1, 0.15) is 30.4 Å². The maximum Gasteiger partial charge on any atom is 0.0642 e. The van der Waals surface area contributed by atoms with Crippen molar-refractivity contribution in [1.29, 1.82) is 0 Å². The van der Waals surface area contributed by atoms with Crippen LogP contribution in [0.15, 0.2) is 18.2 Å². The molecule has 1 heterocycles. The van der Waals surface area contributed by atoms with Crippen LogP contribution >= 0.6 is 11.6 Å². The Morgan fingerprint density at radius 2 is 2.06 bits per heavy atom. The number of aliphatic hydroxyl groups excluding tert-OH is 1. The molecule has 1 aliphatic carbocycles. The number of halogens is 1. The van der Waals surface area contributed by atoms with Gasteiger partial charge < -0.3 is 9.84 Å². The van der Waals surface area contributed by atoms with E-state index < -0.39 is 0 Å². The zero-order chi connectivity index (χ0) is 11.9. The number of hydrogen-bond acceptors (Lipinski definition) is 2. The first-order chi connectivity index (χ1) is 8.24. The van der Waals surface area contributed by atoms with Gasteiger partial charge in [-0.2, -0.15) is 0 Å². The van der Waals surface area contributed by atoms with E-state index in [1.54, 1.807) is 0 Å². The number of ether oxygens (including phenoxy) is 1. The minimum atomic E-state index is -0.279. The summed E-state index contributed by atoms with van der Waals surface area (Å²) in [4.78, 5) is 0. The predicted molar refractivity (Wildman–Crippen MR) is 67.5 cm³/mol. The molecule has 1 saturated heterocycles. The zero-order valence-corrected chi connectivity index (χ0v) is 10.5. The average molecular weight is 253 g/mol. The van der Waals surface area contributed by atoms with E-state index in [4.69, 9.17) is 16.3 Å². The fourth-order valence-electron chi connectivity index (χ4n) is 3.39.